The lowest BCUT2D eigenvalue weighted by molar-refractivity contribution is 0.305. The number of nitrogens with zero attached hydrogens (tertiary/aromatic N) is 5. The van der Waals surface area contributed by atoms with E-state index in [1.54, 1.807) is 25.3 Å². The number of halogens is 1. The fraction of sp³-hybridized carbons (Fsp3) is 0.448. The van der Waals surface area contributed by atoms with E-state index in [9.17, 15) is 8.42 Å². The molecule has 0 amide bonds. The molecule has 2 aliphatic heterocycles. The smallest absolute Gasteiger partial charge is 0.232 e. The number of benzene rings is 2. The van der Waals surface area contributed by atoms with Crippen LogP contribution in [-0.4, -0.2) is 84.5 Å². The Labute approximate surface area is 253 Å². The van der Waals surface area contributed by atoms with Crippen LogP contribution < -0.4 is 29.3 Å². The molecule has 13 heteroatoms. The van der Waals surface area contributed by atoms with Crippen LogP contribution in [0, 0.1) is 0 Å². The van der Waals surface area contributed by atoms with Crippen molar-refractivity contribution in [2.45, 2.75) is 25.7 Å². The minimum Gasteiger partial charge on any atom is -0.494 e. The molecule has 0 saturated heterocycles. The van der Waals surface area contributed by atoms with Crippen molar-refractivity contribution in [1.29, 1.82) is 0 Å². The van der Waals surface area contributed by atoms with E-state index in [1.807, 2.05) is 0 Å². The van der Waals surface area contributed by atoms with Gasteiger partial charge < -0.3 is 29.9 Å². The number of methoxy groups -OCH3 is 1. The molecule has 3 aromatic rings. The van der Waals surface area contributed by atoms with Gasteiger partial charge in [0.1, 0.15) is 16.5 Å². The number of likely N-dealkylation sites (N-methyl/N-ethyl adjacent to an activating group) is 2. The highest BCUT2D eigenvalue weighted by molar-refractivity contribution is 7.92. The van der Waals surface area contributed by atoms with Gasteiger partial charge in [0, 0.05) is 45.0 Å². The van der Waals surface area contributed by atoms with E-state index in [-0.39, 0.29) is 5.02 Å². The topological polar surface area (TPSA) is 112 Å². The number of aromatic nitrogens is 2. The van der Waals surface area contributed by atoms with Crippen molar-refractivity contribution in [3.05, 3.63) is 47.1 Å². The average Bonchev–Trinajstić information content (AvgIpc) is 2.94. The second-order valence-corrected chi connectivity index (χ2v) is 13.0. The summed E-state index contributed by atoms with van der Waals surface area (Å²) in [6.45, 7) is 2.31. The summed E-state index contributed by atoms with van der Waals surface area (Å²) in [5.74, 6) is 1.85. The SMILES string of the molecule is COc1cc(N(C)CCN(C)C)c2cc1Nc1ncc(Cl)c(n1)Nc1ccc(cc1N(C)S(C)(=O)=O)OCCCCC2. The molecular weight excluding hydrogens is 578 g/mol. The van der Waals surface area contributed by atoms with Crippen LogP contribution >= 0.6 is 11.6 Å². The predicted molar refractivity (Wildman–Crippen MR) is 171 cm³/mol. The highest BCUT2D eigenvalue weighted by Crippen LogP contribution is 2.38. The molecule has 0 spiro atoms. The Hall–Kier alpha value is -3.48. The van der Waals surface area contributed by atoms with Crippen LogP contribution in [0.1, 0.15) is 24.8 Å². The first-order chi connectivity index (χ1) is 20.0. The third-order valence-electron chi connectivity index (χ3n) is 7.10. The molecule has 0 unspecified atom stereocenters. The Kier molecular flexibility index (Phi) is 10.2. The fourth-order valence-electron chi connectivity index (χ4n) is 4.60. The molecule has 42 heavy (non-hydrogen) atoms. The zero-order valence-corrected chi connectivity index (χ0v) is 26.6. The van der Waals surface area contributed by atoms with Crippen LogP contribution in [0.4, 0.5) is 34.5 Å². The van der Waals surface area contributed by atoms with Gasteiger partial charge in [0.05, 0.1) is 43.2 Å². The largest absolute Gasteiger partial charge is 0.494 e. The normalized spacial score (nSPS) is 13.8. The number of hydrogen-bond donors (Lipinski definition) is 2. The Morgan fingerprint density at radius 1 is 1.00 bits per heavy atom. The van der Waals surface area contributed by atoms with Crippen molar-refractivity contribution in [3.8, 4) is 11.5 Å². The third kappa shape index (κ3) is 7.87. The molecule has 0 aliphatic carbocycles. The van der Waals surface area contributed by atoms with Crippen LogP contribution in [-0.2, 0) is 16.4 Å². The standard InChI is InChI=1S/C29H40ClN7O4S/c1-35(2)13-14-36(3)25-18-27(40-5)24-16-20(25)10-8-7-9-15-41-21-11-12-23(26(17-21)37(4)42(6,38)39)32-28-22(30)19-31-29(33-24)34-28/h11-12,16-19H,7-10,13-15H2,1-6H3,(H2,31,32,33,34). The molecule has 2 aromatic carbocycles. The van der Waals surface area contributed by atoms with E-state index in [0.717, 1.165) is 56.4 Å². The van der Waals surface area contributed by atoms with E-state index >= 15 is 0 Å². The Balaban J connectivity index is 1.76. The number of nitrogens with one attached hydrogen (secondary N) is 2. The second kappa shape index (κ2) is 13.7. The second-order valence-electron chi connectivity index (χ2n) is 10.6. The fourth-order valence-corrected chi connectivity index (χ4v) is 5.25. The molecular formula is C29H40ClN7O4S. The molecule has 0 atom stereocenters. The van der Waals surface area contributed by atoms with Crippen molar-refractivity contribution in [1.82, 2.24) is 14.9 Å². The summed E-state index contributed by atoms with van der Waals surface area (Å²) in [7, 11) is 5.81. The first-order valence-electron chi connectivity index (χ1n) is 13.8. The summed E-state index contributed by atoms with van der Waals surface area (Å²) >= 11 is 6.49. The summed E-state index contributed by atoms with van der Waals surface area (Å²) in [6.07, 6.45) is 6.30. The van der Waals surface area contributed by atoms with Gasteiger partial charge in [-0.05, 0) is 63.5 Å². The van der Waals surface area contributed by atoms with Crippen molar-refractivity contribution >= 4 is 56.1 Å². The number of fused-ring (bicyclic) bond motifs is 7. The third-order valence-corrected chi connectivity index (χ3v) is 8.57. The molecule has 5 rings (SSSR count). The number of ether oxygens (including phenoxy) is 2. The van der Waals surface area contributed by atoms with Crippen LogP contribution in [0.2, 0.25) is 5.02 Å². The van der Waals surface area contributed by atoms with E-state index in [2.05, 4.69) is 63.7 Å². The van der Waals surface area contributed by atoms with Gasteiger partial charge >= 0.3 is 0 Å². The van der Waals surface area contributed by atoms with Gasteiger partial charge in [0.15, 0.2) is 5.82 Å². The van der Waals surface area contributed by atoms with E-state index in [4.69, 9.17) is 21.1 Å². The minimum absolute atomic E-state index is 0.272. The van der Waals surface area contributed by atoms with Gasteiger partial charge in [-0.1, -0.05) is 11.6 Å². The van der Waals surface area contributed by atoms with Crippen molar-refractivity contribution in [2.24, 2.45) is 0 Å². The molecule has 6 bridgehead atoms. The summed E-state index contributed by atoms with van der Waals surface area (Å²) in [5.41, 5.74) is 3.94. The van der Waals surface area contributed by atoms with Gasteiger partial charge in [-0.3, -0.25) is 4.31 Å². The van der Waals surface area contributed by atoms with Gasteiger partial charge in [-0.15, -0.1) is 0 Å². The Morgan fingerprint density at radius 3 is 2.50 bits per heavy atom. The van der Waals surface area contributed by atoms with Crippen LogP contribution in [0.25, 0.3) is 0 Å². The predicted octanol–water partition coefficient (Wildman–Crippen LogP) is 5.12. The maximum Gasteiger partial charge on any atom is 0.232 e. The maximum atomic E-state index is 12.4. The van der Waals surface area contributed by atoms with Crippen LogP contribution in [0.3, 0.4) is 0 Å². The van der Waals surface area contributed by atoms with E-state index in [1.165, 1.54) is 23.1 Å². The van der Waals surface area contributed by atoms with Crippen LogP contribution in [0.5, 0.6) is 11.5 Å². The first kappa shape index (κ1) is 31.5. The van der Waals surface area contributed by atoms with E-state index < -0.39 is 10.0 Å². The zero-order valence-electron chi connectivity index (χ0n) is 25.1. The molecule has 2 aliphatic rings. The molecule has 11 nitrogen and oxygen atoms in total. The molecule has 0 saturated carbocycles. The van der Waals surface area contributed by atoms with E-state index in [0.29, 0.717) is 41.2 Å². The summed E-state index contributed by atoms with van der Waals surface area (Å²) in [6, 6.07) is 9.40. The summed E-state index contributed by atoms with van der Waals surface area (Å²) in [5, 5.41) is 6.77. The highest BCUT2D eigenvalue weighted by atomic mass is 35.5. The Bertz CT molecular complexity index is 1500. The maximum absolute atomic E-state index is 12.4. The van der Waals surface area contributed by atoms with Gasteiger partial charge in [-0.2, -0.15) is 4.98 Å². The molecule has 0 fully saturated rings. The quantitative estimate of drug-likeness (QED) is 0.370. The monoisotopic (exact) mass is 617 g/mol. The number of hydrogen-bond acceptors (Lipinski definition) is 10. The lowest BCUT2D eigenvalue weighted by Crippen LogP contribution is -2.29. The lowest BCUT2D eigenvalue weighted by atomic mass is 10.0. The van der Waals surface area contributed by atoms with Gasteiger partial charge in [0.25, 0.3) is 0 Å². The number of aryl methyl sites for hydroxylation is 1. The van der Waals surface area contributed by atoms with Gasteiger partial charge in [-0.25, -0.2) is 13.4 Å². The molecule has 3 heterocycles. The minimum atomic E-state index is -3.55. The molecule has 228 valence electrons. The average molecular weight is 618 g/mol. The molecule has 1 aromatic heterocycles. The number of rotatable bonds is 7. The lowest BCUT2D eigenvalue weighted by Gasteiger charge is -2.26. The number of anilines is 6. The van der Waals surface area contributed by atoms with Crippen molar-refractivity contribution in [3.63, 3.8) is 0 Å². The number of sulfonamides is 1. The molecule has 2 N–H and O–H groups in total. The van der Waals surface area contributed by atoms with Crippen LogP contribution in [0.15, 0.2) is 36.5 Å². The summed E-state index contributed by atoms with van der Waals surface area (Å²) in [4.78, 5) is 13.4. The summed E-state index contributed by atoms with van der Waals surface area (Å²) < 4.78 is 37.9. The first-order valence-corrected chi connectivity index (χ1v) is 16.0. The molecule has 0 radical (unpaired) electrons. The zero-order chi connectivity index (χ0) is 30.4. The Morgan fingerprint density at radius 2 is 1.79 bits per heavy atom. The highest BCUT2D eigenvalue weighted by Gasteiger charge is 2.20. The van der Waals surface area contributed by atoms with Crippen molar-refractivity contribution < 1.29 is 17.9 Å². The van der Waals surface area contributed by atoms with Crippen molar-refractivity contribution in [2.75, 3.05) is 81.1 Å². The van der Waals surface area contributed by atoms with Gasteiger partial charge in [0.2, 0.25) is 16.0 Å².